The molecule has 1 aliphatic rings. The lowest BCUT2D eigenvalue weighted by Crippen LogP contribution is -2.34. The van der Waals surface area contributed by atoms with Crippen molar-refractivity contribution in [2.24, 2.45) is 0 Å². The van der Waals surface area contributed by atoms with E-state index in [0.29, 0.717) is 0 Å². The largest absolute Gasteiger partial charge is 0.457 e. The molecule has 2 heterocycles. The number of benzene rings is 3. The predicted molar refractivity (Wildman–Crippen MR) is 141 cm³/mol. The standard InChI is InChI=1S/C29H32N2OS/c1-22-7-9-26(10-8-22)32-27-11-12-29-28(19-27)25(20-30-29)21-33-18-17-31-15-13-24(14-16-31)23-5-3-2-4-6-23/h2-12,19-20,24,30H,13-18,21H2,1H3. The second kappa shape index (κ2) is 10.5. The fraction of sp³-hybridized carbons (Fsp3) is 0.310. The minimum Gasteiger partial charge on any atom is -0.457 e. The van der Waals surface area contributed by atoms with E-state index in [1.165, 1.54) is 65.8 Å². The van der Waals surface area contributed by atoms with Crippen LogP contribution in [0.2, 0.25) is 0 Å². The van der Waals surface area contributed by atoms with Crippen molar-refractivity contribution < 1.29 is 4.74 Å². The summed E-state index contributed by atoms with van der Waals surface area (Å²) in [5.74, 6) is 4.69. The molecule has 1 N–H and O–H groups in total. The van der Waals surface area contributed by atoms with Crippen LogP contribution in [0.25, 0.3) is 10.9 Å². The quantitative estimate of drug-likeness (QED) is 0.280. The van der Waals surface area contributed by atoms with Crippen LogP contribution in [0.3, 0.4) is 0 Å². The monoisotopic (exact) mass is 456 g/mol. The van der Waals surface area contributed by atoms with Crippen LogP contribution in [-0.4, -0.2) is 35.3 Å². The average Bonchev–Trinajstić information content (AvgIpc) is 3.26. The van der Waals surface area contributed by atoms with Crippen LogP contribution in [0.4, 0.5) is 0 Å². The fourth-order valence-corrected chi connectivity index (χ4v) is 5.66. The molecule has 0 amide bonds. The SMILES string of the molecule is Cc1ccc(Oc2ccc3[nH]cc(CSCCN4CCC(c5ccccc5)CC4)c3c2)cc1. The summed E-state index contributed by atoms with van der Waals surface area (Å²) in [6.45, 7) is 5.70. The van der Waals surface area contributed by atoms with Gasteiger partial charge in [-0.25, -0.2) is 0 Å². The van der Waals surface area contributed by atoms with E-state index in [1.54, 1.807) is 0 Å². The van der Waals surface area contributed by atoms with Gasteiger partial charge in [-0.3, -0.25) is 0 Å². The maximum atomic E-state index is 6.08. The van der Waals surface area contributed by atoms with Gasteiger partial charge in [-0.15, -0.1) is 0 Å². The maximum absolute atomic E-state index is 6.08. The molecule has 5 rings (SSSR count). The molecule has 0 spiro atoms. The van der Waals surface area contributed by atoms with Crippen LogP contribution in [0.1, 0.15) is 35.4 Å². The van der Waals surface area contributed by atoms with Gasteiger partial charge in [0.25, 0.3) is 0 Å². The Morgan fingerprint density at radius 1 is 0.939 bits per heavy atom. The van der Waals surface area contributed by atoms with Crippen molar-refractivity contribution in [3.63, 3.8) is 0 Å². The molecular formula is C29H32N2OS. The molecule has 33 heavy (non-hydrogen) atoms. The molecule has 0 bridgehead atoms. The summed E-state index contributed by atoms with van der Waals surface area (Å²) in [6, 6.07) is 25.5. The number of fused-ring (bicyclic) bond motifs is 1. The Labute approximate surface area is 201 Å². The third kappa shape index (κ3) is 5.63. The fourth-order valence-electron chi connectivity index (χ4n) is 4.67. The highest BCUT2D eigenvalue weighted by Crippen LogP contribution is 2.30. The van der Waals surface area contributed by atoms with Crippen molar-refractivity contribution in [3.05, 3.63) is 95.7 Å². The molecule has 0 aliphatic carbocycles. The molecule has 4 aromatic rings. The van der Waals surface area contributed by atoms with Crippen molar-refractivity contribution in [3.8, 4) is 11.5 Å². The molecule has 0 atom stereocenters. The van der Waals surface area contributed by atoms with Crippen LogP contribution < -0.4 is 4.74 Å². The maximum Gasteiger partial charge on any atom is 0.128 e. The normalized spacial score (nSPS) is 15.2. The van der Waals surface area contributed by atoms with Crippen molar-refractivity contribution in [1.29, 1.82) is 0 Å². The van der Waals surface area contributed by atoms with Crippen LogP contribution in [0, 0.1) is 6.92 Å². The summed E-state index contributed by atoms with van der Waals surface area (Å²) in [6.07, 6.45) is 4.71. The summed E-state index contributed by atoms with van der Waals surface area (Å²) in [7, 11) is 0. The zero-order chi connectivity index (χ0) is 22.5. The summed E-state index contributed by atoms with van der Waals surface area (Å²) < 4.78 is 6.08. The third-order valence-corrected chi connectivity index (χ3v) is 7.65. The Kier molecular flexibility index (Phi) is 7.03. The molecule has 1 aliphatic heterocycles. The molecule has 1 saturated heterocycles. The highest BCUT2D eigenvalue weighted by atomic mass is 32.2. The number of ether oxygens (including phenoxy) is 1. The zero-order valence-corrected chi connectivity index (χ0v) is 20.1. The Balaban J connectivity index is 1.11. The minimum atomic E-state index is 0.734. The number of aromatic nitrogens is 1. The number of nitrogens with zero attached hydrogens (tertiary/aromatic N) is 1. The average molecular weight is 457 g/mol. The van der Waals surface area contributed by atoms with E-state index >= 15 is 0 Å². The van der Waals surface area contributed by atoms with Crippen LogP contribution in [0.5, 0.6) is 11.5 Å². The van der Waals surface area contributed by atoms with E-state index in [1.807, 2.05) is 30.0 Å². The van der Waals surface area contributed by atoms with Crippen LogP contribution in [0.15, 0.2) is 79.0 Å². The Morgan fingerprint density at radius 2 is 1.70 bits per heavy atom. The van der Waals surface area contributed by atoms with Gasteiger partial charge in [0.05, 0.1) is 0 Å². The first-order chi connectivity index (χ1) is 16.2. The highest BCUT2D eigenvalue weighted by molar-refractivity contribution is 7.98. The summed E-state index contributed by atoms with van der Waals surface area (Å²) >= 11 is 2.03. The first-order valence-electron chi connectivity index (χ1n) is 11.9. The van der Waals surface area contributed by atoms with Gasteiger partial charge in [0.1, 0.15) is 11.5 Å². The Morgan fingerprint density at radius 3 is 2.48 bits per heavy atom. The smallest absolute Gasteiger partial charge is 0.128 e. The molecule has 0 unspecified atom stereocenters. The highest BCUT2D eigenvalue weighted by Gasteiger charge is 2.20. The van der Waals surface area contributed by atoms with Crippen LogP contribution >= 0.6 is 11.8 Å². The lowest BCUT2D eigenvalue weighted by Gasteiger charge is -2.32. The van der Waals surface area contributed by atoms with Crippen LogP contribution in [-0.2, 0) is 5.75 Å². The second-order valence-corrected chi connectivity index (χ2v) is 10.1. The molecule has 0 radical (unpaired) electrons. The lowest BCUT2D eigenvalue weighted by molar-refractivity contribution is 0.224. The second-order valence-electron chi connectivity index (χ2n) is 9.02. The van der Waals surface area contributed by atoms with Gasteiger partial charge in [-0.05, 0) is 80.2 Å². The molecule has 1 fully saturated rings. The van der Waals surface area contributed by atoms with Gasteiger partial charge in [0, 0.05) is 35.2 Å². The number of hydrogen-bond acceptors (Lipinski definition) is 3. The topological polar surface area (TPSA) is 28.3 Å². The van der Waals surface area contributed by atoms with E-state index in [2.05, 4.69) is 77.6 Å². The number of likely N-dealkylation sites (tertiary alicyclic amines) is 1. The first kappa shape index (κ1) is 22.1. The number of aromatic amines is 1. The number of aryl methyl sites for hydroxylation is 1. The van der Waals surface area contributed by atoms with Gasteiger partial charge in [0.15, 0.2) is 0 Å². The number of piperidine rings is 1. The van der Waals surface area contributed by atoms with E-state index in [4.69, 9.17) is 4.74 Å². The number of rotatable bonds is 8. The molecule has 3 aromatic carbocycles. The summed E-state index contributed by atoms with van der Waals surface area (Å²) in [5.41, 5.74) is 5.27. The number of H-pyrrole nitrogens is 1. The first-order valence-corrected chi connectivity index (χ1v) is 13.1. The van der Waals surface area contributed by atoms with Gasteiger partial charge in [-0.1, -0.05) is 48.0 Å². The predicted octanol–water partition coefficient (Wildman–Crippen LogP) is 7.38. The number of thioether (sulfide) groups is 1. The minimum absolute atomic E-state index is 0.734. The van der Waals surface area contributed by atoms with E-state index < -0.39 is 0 Å². The number of nitrogens with one attached hydrogen (secondary N) is 1. The molecule has 170 valence electrons. The Hall–Kier alpha value is -2.69. The molecule has 0 saturated carbocycles. The molecule has 4 heteroatoms. The van der Waals surface area contributed by atoms with E-state index in [0.717, 1.165) is 23.2 Å². The Bertz CT molecular complexity index is 1160. The van der Waals surface area contributed by atoms with Gasteiger partial charge in [0.2, 0.25) is 0 Å². The third-order valence-electron chi connectivity index (χ3n) is 6.66. The van der Waals surface area contributed by atoms with Crippen molar-refractivity contribution in [2.45, 2.75) is 31.4 Å². The molecule has 3 nitrogen and oxygen atoms in total. The molecule has 1 aromatic heterocycles. The summed E-state index contributed by atoms with van der Waals surface area (Å²) in [5, 5.41) is 1.26. The lowest BCUT2D eigenvalue weighted by atomic mass is 9.89. The van der Waals surface area contributed by atoms with Gasteiger partial charge < -0.3 is 14.6 Å². The van der Waals surface area contributed by atoms with Crippen molar-refractivity contribution in [2.75, 3.05) is 25.4 Å². The van der Waals surface area contributed by atoms with Crippen molar-refractivity contribution >= 4 is 22.7 Å². The summed E-state index contributed by atoms with van der Waals surface area (Å²) in [4.78, 5) is 6.05. The molecular weight excluding hydrogens is 424 g/mol. The van der Waals surface area contributed by atoms with E-state index in [9.17, 15) is 0 Å². The van der Waals surface area contributed by atoms with E-state index in [-0.39, 0.29) is 0 Å². The van der Waals surface area contributed by atoms with Gasteiger partial charge in [-0.2, -0.15) is 11.8 Å². The van der Waals surface area contributed by atoms with Crippen molar-refractivity contribution in [1.82, 2.24) is 9.88 Å². The van der Waals surface area contributed by atoms with Gasteiger partial charge >= 0.3 is 0 Å². The zero-order valence-electron chi connectivity index (χ0n) is 19.3. The number of hydrogen-bond donors (Lipinski definition) is 1.